The van der Waals surface area contributed by atoms with E-state index in [1.807, 2.05) is 0 Å². The summed E-state index contributed by atoms with van der Waals surface area (Å²) in [5, 5.41) is 0. The average molecular weight is 533 g/mol. The molecule has 184 valence electrons. The van der Waals surface area contributed by atoms with E-state index in [0.29, 0.717) is 12.8 Å². The van der Waals surface area contributed by atoms with E-state index in [1.165, 1.54) is 77.0 Å². The van der Waals surface area contributed by atoms with Crippen molar-refractivity contribution in [3.05, 3.63) is 0 Å². The van der Waals surface area contributed by atoms with E-state index in [4.69, 9.17) is 0 Å². The molecule has 0 aromatic rings. The van der Waals surface area contributed by atoms with E-state index >= 15 is 0 Å². The molecule has 32 heavy (non-hydrogen) atoms. The third-order valence-corrected chi connectivity index (χ3v) is 6.57. The summed E-state index contributed by atoms with van der Waals surface area (Å²) in [5.41, 5.74) is 0. The maximum Gasteiger partial charge on any atom is 1.00 e. The first-order chi connectivity index (χ1) is 14.1. The Morgan fingerprint density at radius 1 is 0.438 bits per heavy atom. The van der Waals surface area contributed by atoms with Gasteiger partial charge in [0.1, 0.15) is 0 Å². The molecule has 0 aromatic carbocycles. The Morgan fingerprint density at radius 3 is 0.812 bits per heavy atom. The van der Waals surface area contributed by atoms with Crippen molar-refractivity contribution in [2.45, 2.75) is 129 Å². The van der Waals surface area contributed by atoms with E-state index < -0.39 is 20.2 Å². The van der Waals surface area contributed by atoms with Gasteiger partial charge >= 0.3 is 80.9 Å². The van der Waals surface area contributed by atoms with E-state index in [1.54, 1.807) is 0 Å². The van der Waals surface area contributed by atoms with Crippen molar-refractivity contribution < 1.29 is 107 Å². The monoisotopic (exact) mass is 532 g/mol. The summed E-state index contributed by atoms with van der Waals surface area (Å²) < 4.78 is 61.7. The standard InChI is InChI=1S/C12H26O3S.C10H22O3S.K.Na/c1-2-3-4-5-6-7-8-9-10-11-12-16(13,14)15;1-2-3-4-5-6-7-8-9-10-14(11,12)13;;/h2-12H2,1H3,(H,13,14,15);2-10H2,1H3,(H,11,12,13);;/q;;2*+1/p-2. The summed E-state index contributed by atoms with van der Waals surface area (Å²) in [6.45, 7) is 4.39. The maximum atomic E-state index is 10.3. The fourth-order valence-corrected chi connectivity index (χ4v) is 4.29. The predicted octanol–water partition coefficient (Wildman–Crippen LogP) is 0.133. The minimum absolute atomic E-state index is 0. The van der Waals surface area contributed by atoms with E-state index in [-0.39, 0.29) is 92.4 Å². The van der Waals surface area contributed by atoms with Gasteiger partial charge in [0.05, 0.1) is 20.2 Å². The summed E-state index contributed by atoms with van der Waals surface area (Å²) >= 11 is 0. The molecular formula is C22H46KNaO6S2. The average Bonchev–Trinajstić information content (AvgIpc) is 2.64. The Bertz CT molecular complexity index is 557. The second kappa shape index (κ2) is 29.7. The maximum absolute atomic E-state index is 10.3. The molecule has 0 aliphatic carbocycles. The van der Waals surface area contributed by atoms with Gasteiger partial charge in [-0.2, -0.15) is 0 Å². The van der Waals surface area contributed by atoms with Gasteiger partial charge in [0.15, 0.2) is 0 Å². The molecule has 0 atom stereocenters. The van der Waals surface area contributed by atoms with Gasteiger partial charge in [-0.05, 0) is 12.8 Å². The van der Waals surface area contributed by atoms with Crippen LogP contribution >= 0.6 is 0 Å². The Morgan fingerprint density at radius 2 is 0.625 bits per heavy atom. The van der Waals surface area contributed by atoms with Crippen molar-refractivity contribution in [2.24, 2.45) is 0 Å². The van der Waals surface area contributed by atoms with Crippen LogP contribution < -0.4 is 80.9 Å². The van der Waals surface area contributed by atoms with Crippen molar-refractivity contribution in [1.29, 1.82) is 0 Å². The summed E-state index contributed by atoms with van der Waals surface area (Å²) in [7, 11) is -7.96. The molecule has 0 unspecified atom stereocenters. The molecular weight excluding hydrogens is 486 g/mol. The smallest absolute Gasteiger partial charge is 0.748 e. The molecule has 0 spiro atoms. The Hall–Kier alpha value is 2.46. The van der Waals surface area contributed by atoms with Crippen LogP contribution in [0.2, 0.25) is 0 Å². The molecule has 10 heteroatoms. The van der Waals surface area contributed by atoms with Crippen LogP contribution in [0.25, 0.3) is 0 Å². The van der Waals surface area contributed by atoms with Gasteiger partial charge in [-0.25, -0.2) is 16.8 Å². The van der Waals surface area contributed by atoms with Gasteiger partial charge < -0.3 is 9.11 Å². The van der Waals surface area contributed by atoms with E-state index in [9.17, 15) is 25.9 Å². The molecule has 0 aliphatic heterocycles. The number of rotatable bonds is 20. The fraction of sp³-hybridized carbons (Fsp3) is 1.00. The Balaban J connectivity index is -0.000000232. The summed E-state index contributed by atoms with van der Waals surface area (Å²) in [4.78, 5) is 0. The Labute approximate surface area is 264 Å². The normalized spacial score (nSPS) is 11.1. The van der Waals surface area contributed by atoms with Gasteiger partial charge in [0.2, 0.25) is 0 Å². The van der Waals surface area contributed by atoms with Crippen LogP contribution in [0.4, 0.5) is 0 Å². The van der Waals surface area contributed by atoms with Crippen molar-refractivity contribution in [2.75, 3.05) is 11.5 Å². The van der Waals surface area contributed by atoms with Crippen LogP contribution in [0.5, 0.6) is 0 Å². The zero-order valence-corrected chi connectivity index (χ0v) is 28.2. The minimum Gasteiger partial charge on any atom is -0.748 e. The van der Waals surface area contributed by atoms with Gasteiger partial charge in [0, 0.05) is 11.5 Å². The first-order valence-corrected chi connectivity index (χ1v) is 15.1. The second-order valence-corrected chi connectivity index (χ2v) is 11.2. The van der Waals surface area contributed by atoms with Crippen molar-refractivity contribution in [3.63, 3.8) is 0 Å². The minimum atomic E-state index is -3.98. The predicted molar refractivity (Wildman–Crippen MR) is 124 cm³/mol. The van der Waals surface area contributed by atoms with Crippen LogP contribution in [0, 0.1) is 0 Å². The van der Waals surface area contributed by atoms with Crippen molar-refractivity contribution in [1.82, 2.24) is 0 Å². The third-order valence-electron chi connectivity index (χ3n) is 5.00. The molecule has 6 nitrogen and oxygen atoms in total. The quantitative estimate of drug-likeness (QED) is 0.125. The van der Waals surface area contributed by atoms with E-state index in [0.717, 1.165) is 25.7 Å². The fourth-order valence-electron chi connectivity index (χ4n) is 3.18. The molecule has 0 saturated heterocycles. The molecule has 0 amide bonds. The zero-order chi connectivity index (χ0) is 23.1. The van der Waals surface area contributed by atoms with Gasteiger partial charge in [-0.1, -0.05) is 117 Å². The molecule has 0 heterocycles. The summed E-state index contributed by atoms with van der Waals surface area (Å²) in [6.07, 6.45) is 20.1. The SMILES string of the molecule is CCCCCCCCCCCCS(=O)(=O)[O-].CCCCCCCCCCS(=O)(=O)[O-].[K+].[Na+]. The summed E-state index contributed by atoms with van der Waals surface area (Å²) in [6, 6.07) is 0. The van der Waals surface area contributed by atoms with Gasteiger partial charge in [0.25, 0.3) is 0 Å². The zero-order valence-electron chi connectivity index (χ0n) is 21.4. The first kappa shape index (κ1) is 41.6. The van der Waals surface area contributed by atoms with Crippen molar-refractivity contribution in [3.8, 4) is 0 Å². The van der Waals surface area contributed by atoms with Crippen LogP contribution in [0.1, 0.15) is 129 Å². The molecule has 0 aliphatic rings. The topological polar surface area (TPSA) is 114 Å². The van der Waals surface area contributed by atoms with Crippen molar-refractivity contribution >= 4 is 20.2 Å². The third kappa shape index (κ3) is 45.9. The molecule has 0 bridgehead atoms. The number of unbranched alkanes of at least 4 members (excludes halogenated alkanes) is 16. The molecule has 0 fully saturated rings. The number of hydrogen-bond donors (Lipinski definition) is 0. The second-order valence-electron chi connectivity index (χ2n) is 8.18. The first-order valence-electron chi connectivity index (χ1n) is 12.0. The summed E-state index contributed by atoms with van der Waals surface area (Å²) in [5.74, 6) is -0.383. The number of hydrogen-bond acceptors (Lipinski definition) is 6. The van der Waals surface area contributed by atoms with Crippen LogP contribution in [0.3, 0.4) is 0 Å². The molecule has 0 aromatic heterocycles. The molecule has 0 N–H and O–H groups in total. The Kier molecular flexibility index (Phi) is 38.6. The van der Waals surface area contributed by atoms with Crippen LogP contribution in [-0.2, 0) is 20.2 Å². The molecule has 0 saturated carbocycles. The van der Waals surface area contributed by atoms with Crippen LogP contribution in [0.15, 0.2) is 0 Å². The van der Waals surface area contributed by atoms with Crippen LogP contribution in [-0.4, -0.2) is 37.4 Å². The largest absolute Gasteiger partial charge is 1.00 e. The molecule has 0 radical (unpaired) electrons. The van der Waals surface area contributed by atoms with E-state index in [2.05, 4.69) is 13.8 Å². The van der Waals surface area contributed by atoms with Gasteiger partial charge in [-0.15, -0.1) is 0 Å². The van der Waals surface area contributed by atoms with Gasteiger partial charge in [-0.3, -0.25) is 0 Å². The molecule has 0 rings (SSSR count).